The van der Waals surface area contributed by atoms with Gasteiger partial charge < -0.3 is 15.3 Å². The van der Waals surface area contributed by atoms with Crippen molar-refractivity contribution in [2.75, 3.05) is 31.5 Å². The van der Waals surface area contributed by atoms with Gasteiger partial charge in [-0.25, -0.2) is 9.97 Å². The highest BCUT2D eigenvalue weighted by molar-refractivity contribution is 5.90. The third kappa shape index (κ3) is 3.88. The number of phenolic OH excluding ortho intramolecular Hbond substituents is 1. The Balaban J connectivity index is 1.94. The number of aromatic nitrogens is 2. The first-order valence-corrected chi connectivity index (χ1v) is 8.85. The smallest absolute Gasteiger partial charge is 0.165 e. The number of hydrogen-bond acceptors (Lipinski definition) is 4. The van der Waals surface area contributed by atoms with E-state index in [2.05, 4.69) is 29.1 Å². The van der Waals surface area contributed by atoms with Crippen molar-refractivity contribution in [2.45, 2.75) is 13.8 Å². The van der Waals surface area contributed by atoms with Crippen molar-refractivity contribution in [1.82, 2.24) is 9.97 Å². The number of anilines is 1. The summed E-state index contributed by atoms with van der Waals surface area (Å²) in [7, 11) is 0. The zero-order valence-corrected chi connectivity index (χ0v) is 14.8. The first kappa shape index (κ1) is 17.2. The summed E-state index contributed by atoms with van der Waals surface area (Å²) >= 11 is 0. The van der Waals surface area contributed by atoms with Crippen molar-refractivity contribution < 1.29 is 10.0 Å². The highest BCUT2D eigenvalue weighted by atomic mass is 16.3. The van der Waals surface area contributed by atoms with Gasteiger partial charge in [-0.15, -0.1) is 0 Å². The van der Waals surface area contributed by atoms with E-state index in [1.807, 2.05) is 36.4 Å². The molecular formula is C20H25N4O+. The lowest BCUT2D eigenvalue weighted by Gasteiger charge is -2.16. The summed E-state index contributed by atoms with van der Waals surface area (Å²) in [5.41, 5.74) is 1.51. The third-order valence-corrected chi connectivity index (χ3v) is 4.52. The lowest BCUT2D eigenvalue weighted by molar-refractivity contribution is -0.894. The van der Waals surface area contributed by atoms with E-state index >= 15 is 0 Å². The van der Waals surface area contributed by atoms with E-state index in [-0.39, 0.29) is 5.75 Å². The van der Waals surface area contributed by atoms with Crippen LogP contribution in [-0.4, -0.2) is 41.3 Å². The fraction of sp³-hybridized carbons (Fsp3) is 0.300. The molecule has 3 rings (SSSR count). The van der Waals surface area contributed by atoms with Crippen molar-refractivity contribution in [2.24, 2.45) is 0 Å². The van der Waals surface area contributed by atoms with Crippen molar-refractivity contribution in [1.29, 1.82) is 0 Å². The molecule has 5 nitrogen and oxygen atoms in total. The Hall–Kier alpha value is -2.66. The quantitative estimate of drug-likeness (QED) is 0.619. The van der Waals surface area contributed by atoms with Gasteiger partial charge in [-0.3, -0.25) is 0 Å². The molecule has 0 spiro atoms. The normalized spacial score (nSPS) is 11.2. The second-order valence-electron chi connectivity index (χ2n) is 6.06. The highest BCUT2D eigenvalue weighted by Gasteiger charge is 2.12. The van der Waals surface area contributed by atoms with Gasteiger partial charge in [-0.05, 0) is 38.1 Å². The van der Waals surface area contributed by atoms with Crippen LogP contribution in [-0.2, 0) is 0 Å². The van der Waals surface area contributed by atoms with Gasteiger partial charge >= 0.3 is 0 Å². The number of benzene rings is 2. The van der Waals surface area contributed by atoms with E-state index in [1.54, 1.807) is 17.0 Å². The molecule has 0 bridgehead atoms. The minimum Gasteiger partial charge on any atom is -0.507 e. The predicted molar refractivity (Wildman–Crippen MR) is 102 cm³/mol. The Morgan fingerprint density at radius 1 is 0.960 bits per heavy atom. The number of phenols is 1. The first-order chi connectivity index (χ1) is 12.2. The van der Waals surface area contributed by atoms with E-state index in [0.29, 0.717) is 11.4 Å². The molecular weight excluding hydrogens is 312 g/mol. The maximum absolute atomic E-state index is 10.1. The summed E-state index contributed by atoms with van der Waals surface area (Å²) in [4.78, 5) is 10.9. The molecule has 0 aliphatic carbocycles. The van der Waals surface area contributed by atoms with Crippen LogP contribution in [0.3, 0.4) is 0 Å². The molecule has 0 aliphatic heterocycles. The number of likely N-dealkylation sites (N-methyl/N-ethyl adjacent to an activating group) is 1. The number of nitrogens with zero attached hydrogens (tertiary/aromatic N) is 2. The summed E-state index contributed by atoms with van der Waals surface area (Å²) in [5, 5.41) is 14.6. The molecule has 130 valence electrons. The predicted octanol–water partition coefficient (Wildman–Crippen LogP) is 2.34. The van der Waals surface area contributed by atoms with Crippen LogP contribution in [0.25, 0.3) is 22.3 Å². The average molecular weight is 337 g/mol. The minimum atomic E-state index is 0.191. The number of para-hydroxylation sites is 2. The summed E-state index contributed by atoms with van der Waals surface area (Å²) in [6, 6.07) is 15.1. The van der Waals surface area contributed by atoms with Crippen molar-refractivity contribution in [3.63, 3.8) is 0 Å². The number of aromatic hydroxyl groups is 1. The van der Waals surface area contributed by atoms with Gasteiger partial charge in [-0.1, -0.05) is 24.3 Å². The number of nitrogens with one attached hydrogen (secondary N) is 2. The molecule has 0 fully saturated rings. The molecule has 3 N–H and O–H groups in total. The molecule has 0 atom stereocenters. The summed E-state index contributed by atoms with van der Waals surface area (Å²) < 4.78 is 0. The molecule has 0 saturated heterocycles. The van der Waals surface area contributed by atoms with Crippen LogP contribution in [0, 0.1) is 0 Å². The SMILES string of the molecule is CC[NH+](CC)CCNc1nc(-c2ccccc2O)nc2ccccc12. The van der Waals surface area contributed by atoms with E-state index in [0.717, 1.165) is 42.9 Å². The van der Waals surface area contributed by atoms with Gasteiger partial charge in [0, 0.05) is 5.39 Å². The average Bonchev–Trinajstić information content (AvgIpc) is 2.65. The van der Waals surface area contributed by atoms with Crippen molar-refractivity contribution in [3.8, 4) is 17.1 Å². The van der Waals surface area contributed by atoms with Gasteiger partial charge in [0.1, 0.15) is 11.6 Å². The van der Waals surface area contributed by atoms with Crippen LogP contribution < -0.4 is 10.2 Å². The molecule has 1 heterocycles. The molecule has 0 saturated carbocycles. The number of hydrogen-bond donors (Lipinski definition) is 3. The van der Waals surface area contributed by atoms with E-state index in [4.69, 9.17) is 0 Å². The van der Waals surface area contributed by atoms with Gasteiger partial charge in [0.15, 0.2) is 5.82 Å². The zero-order valence-electron chi connectivity index (χ0n) is 14.8. The monoisotopic (exact) mass is 337 g/mol. The zero-order chi connectivity index (χ0) is 17.6. The Morgan fingerprint density at radius 3 is 2.44 bits per heavy atom. The number of fused-ring (bicyclic) bond motifs is 1. The molecule has 5 heteroatoms. The maximum Gasteiger partial charge on any atom is 0.165 e. The lowest BCUT2D eigenvalue weighted by atomic mass is 10.1. The van der Waals surface area contributed by atoms with Crippen LogP contribution >= 0.6 is 0 Å². The maximum atomic E-state index is 10.1. The van der Waals surface area contributed by atoms with Gasteiger partial charge in [0.05, 0.1) is 37.3 Å². The molecule has 0 amide bonds. The van der Waals surface area contributed by atoms with E-state index < -0.39 is 0 Å². The van der Waals surface area contributed by atoms with Crippen molar-refractivity contribution in [3.05, 3.63) is 48.5 Å². The largest absolute Gasteiger partial charge is 0.507 e. The fourth-order valence-corrected chi connectivity index (χ4v) is 2.96. The highest BCUT2D eigenvalue weighted by Crippen LogP contribution is 2.29. The lowest BCUT2D eigenvalue weighted by Crippen LogP contribution is -3.12. The second-order valence-corrected chi connectivity index (χ2v) is 6.06. The van der Waals surface area contributed by atoms with Gasteiger partial charge in [0.25, 0.3) is 0 Å². The summed E-state index contributed by atoms with van der Waals surface area (Å²) in [6.07, 6.45) is 0. The van der Waals surface area contributed by atoms with Crippen LogP contribution in [0.2, 0.25) is 0 Å². The summed E-state index contributed by atoms with van der Waals surface area (Å²) in [5.74, 6) is 1.54. The first-order valence-electron chi connectivity index (χ1n) is 8.85. The minimum absolute atomic E-state index is 0.191. The second kappa shape index (κ2) is 7.94. The Kier molecular flexibility index (Phi) is 5.46. The van der Waals surface area contributed by atoms with Crippen LogP contribution in [0.15, 0.2) is 48.5 Å². The Bertz CT molecular complexity index is 846. The fourth-order valence-electron chi connectivity index (χ4n) is 2.96. The van der Waals surface area contributed by atoms with E-state index in [9.17, 15) is 5.11 Å². The molecule has 0 aliphatic rings. The molecule has 1 aromatic heterocycles. The molecule has 2 aromatic carbocycles. The number of rotatable bonds is 7. The Labute approximate surface area is 148 Å². The van der Waals surface area contributed by atoms with Crippen molar-refractivity contribution >= 4 is 16.7 Å². The van der Waals surface area contributed by atoms with Crippen LogP contribution in [0.1, 0.15) is 13.8 Å². The Morgan fingerprint density at radius 2 is 1.68 bits per heavy atom. The van der Waals surface area contributed by atoms with E-state index in [1.165, 1.54) is 0 Å². The summed E-state index contributed by atoms with van der Waals surface area (Å²) in [6.45, 7) is 8.53. The third-order valence-electron chi connectivity index (χ3n) is 4.52. The molecule has 0 unspecified atom stereocenters. The topological polar surface area (TPSA) is 62.5 Å². The van der Waals surface area contributed by atoms with Gasteiger partial charge in [0.2, 0.25) is 0 Å². The molecule has 0 radical (unpaired) electrons. The molecule has 3 aromatic rings. The van der Waals surface area contributed by atoms with Crippen LogP contribution in [0.4, 0.5) is 5.82 Å². The van der Waals surface area contributed by atoms with Gasteiger partial charge in [-0.2, -0.15) is 0 Å². The number of quaternary nitrogens is 1. The standard InChI is InChI=1S/C20H24N4O/c1-3-24(4-2)14-13-21-19-15-9-5-7-11-17(15)22-20(23-19)16-10-6-8-12-18(16)25/h5-12,25H,3-4,13-14H2,1-2H3,(H,21,22,23)/p+1. The van der Waals surface area contributed by atoms with Crippen LogP contribution in [0.5, 0.6) is 5.75 Å². The molecule has 25 heavy (non-hydrogen) atoms.